The predicted molar refractivity (Wildman–Crippen MR) is 62.7 cm³/mol. The summed E-state index contributed by atoms with van der Waals surface area (Å²) in [7, 11) is 0. The molecule has 1 atom stereocenters. The molecule has 94 valence electrons. The van der Waals surface area contributed by atoms with Gasteiger partial charge in [0.15, 0.2) is 0 Å². The van der Waals surface area contributed by atoms with Crippen LogP contribution in [0.25, 0.3) is 0 Å². The number of hydrogen-bond donors (Lipinski definition) is 3. The van der Waals surface area contributed by atoms with Gasteiger partial charge in [-0.25, -0.2) is 0 Å². The van der Waals surface area contributed by atoms with E-state index in [2.05, 4.69) is 0 Å². The Bertz CT molecular complexity index is 420. The fourth-order valence-electron chi connectivity index (χ4n) is 2.12. The van der Waals surface area contributed by atoms with Crippen molar-refractivity contribution in [3.8, 4) is 5.75 Å². The first-order chi connectivity index (χ1) is 7.97. The van der Waals surface area contributed by atoms with Gasteiger partial charge < -0.3 is 20.1 Å². The Morgan fingerprint density at radius 2 is 2.00 bits per heavy atom. The molecule has 3 N–H and O–H groups in total. The van der Waals surface area contributed by atoms with E-state index >= 15 is 0 Å². The quantitative estimate of drug-likeness (QED) is 0.726. The highest BCUT2D eigenvalue weighted by atomic mass is 16.5. The summed E-state index contributed by atoms with van der Waals surface area (Å²) in [6, 6.07) is 3.67. The Morgan fingerprint density at radius 1 is 1.29 bits per heavy atom. The minimum absolute atomic E-state index is 0.125. The van der Waals surface area contributed by atoms with Crippen LogP contribution in [0.3, 0.4) is 0 Å². The van der Waals surface area contributed by atoms with Crippen LogP contribution in [0.2, 0.25) is 0 Å². The highest BCUT2D eigenvalue weighted by molar-refractivity contribution is 5.49. The number of benzene rings is 1. The van der Waals surface area contributed by atoms with Crippen LogP contribution in [0.15, 0.2) is 12.1 Å². The van der Waals surface area contributed by atoms with E-state index in [-0.39, 0.29) is 19.3 Å². The van der Waals surface area contributed by atoms with E-state index in [0.717, 1.165) is 5.56 Å². The summed E-state index contributed by atoms with van der Waals surface area (Å²) in [4.78, 5) is 0. The lowest BCUT2D eigenvalue weighted by atomic mass is 9.96. The molecule has 0 bridgehead atoms. The van der Waals surface area contributed by atoms with Crippen LogP contribution in [-0.4, -0.2) is 27.0 Å². The summed E-state index contributed by atoms with van der Waals surface area (Å²) >= 11 is 0. The number of aliphatic hydroxyl groups is 3. The molecule has 1 heterocycles. The molecule has 1 aromatic rings. The summed E-state index contributed by atoms with van der Waals surface area (Å²) in [6.45, 7) is 3.11. The van der Waals surface area contributed by atoms with Gasteiger partial charge >= 0.3 is 0 Å². The Morgan fingerprint density at radius 3 is 2.53 bits per heavy atom. The topological polar surface area (TPSA) is 69.9 Å². The number of aliphatic hydroxyl groups excluding tert-OH is 2. The zero-order valence-electron chi connectivity index (χ0n) is 10.1. The highest BCUT2D eigenvalue weighted by Crippen LogP contribution is 2.37. The second-order valence-electron chi connectivity index (χ2n) is 4.97. The third-order valence-electron chi connectivity index (χ3n) is 3.22. The molecule has 0 aromatic heterocycles. The van der Waals surface area contributed by atoms with Crippen LogP contribution in [0.5, 0.6) is 5.75 Å². The molecule has 1 aliphatic rings. The van der Waals surface area contributed by atoms with Crippen molar-refractivity contribution in [2.24, 2.45) is 0 Å². The van der Waals surface area contributed by atoms with Crippen molar-refractivity contribution in [2.75, 3.05) is 0 Å². The number of hydrogen-bond acceptors (Lipinski definition) is 4. The Labute approximate surface area is 100 Å². The molecular formula is C13H18O4. The van der Waals surface area contributed by atoms with Crippen LogP contribution in [-0.2, 0) is 19.6 Å². The third kappa shape index (κ3) is 2.16. The molecule has 4 nitrogen and oxygen atoms in total. The second kappa shape index (κ2) is 4.29. The van der Waals surface area contributed by atoms with E-state index < -0.39 is 5.60 Å². The zero-order chi connectivity index (χ0) is 12.6. The van der Waals surface area contributed by atoms with Gasteiger partial charge in [0.2, 0.25) is 0 Å². The first-order valence-electron chi connectivity index (χ1n) is 5.71. The van der Waals surface area contributed by atoms with Crippen LogP contribution in [0.4, 0.5) is 0 Å². The van der Waals surface area contributed by atoms with E-state index in [9.17, 15) is 15.3 Å². The smallest absolute Gasteiger partial charge is 0.131 e. The molecule has 0 amide bonds. The van der Waals surface area contributed by atoms with Crippen LogP contribution < -0.4 is 4.74 Å². The van der Waals surface area contributed by atoms with Gasteiger partial charge in [0.1, 0.15) is 11.9 Å². The van der Waals surface area contributed by atoms with Crippen molar-refractivity contribution in [1.82, 2.24) is 0 Å². The lowest BCUT2D eigenvalue weighted by Crippen LogP contribution is -2.39. The molecule has 1 aliphatic heterocycles. The van der Waals surface area contributed by atoms with Gasteiger partial charge in [-0.05, 0) is 25.0 Å². The molecule has 0 fully saturated rings. The summed E-state index contributed by atoms with van der Waals surface area (Å²) in [5.74, 6) is 0.617. The SMILES string of the molecule is CC(C)(O)[C@H]1Cc2ccc(CO)c(CO)c2O1. The number of ether oxygens (including phenoxy) is 1. The fourth-order valence-corrected chi connectivity index (χ4v) is 2.12. The fraction of sp³-hybridized carbons (Fsp3) is 0.538. The van der Waals surface area contributed by atoms with Crippen molar-refractivity contribution >= 4 is 0 Å². The van der Waals surface area contributed by atoms with Gasteiger partial charge in [-0.2, -0.15) is 0 Å². The standard InChI is InChI=1S/C13H18O4/c1-13(2,16)11-5-8-3-4-9(6-14)10(7-15)12(8)17-11/h3-4,11,14-16H,5-7H2,1-2H3/t11-/m1/s1. The monoisotopic (exact) mass is 238 g/mol. The maximum Gasteiger partial charge on any atom is 0.131 e. The van der Waals surface area contributed by atoms with E-state index in [1.165, 1.54) is 0 Å². The van der Waals surface area contributed by atoms with E-state index in [1.807, 2.05) is 6.07 Å². The Balaban J connectivity index is 2.38. The van der Waals surface area contributed by atoms with Crippen molar-refractivity contribution in [3.05, 3.63) is 28.8 Å². The normalized spacial score (nSPS) is 19.0. The summed E-state index contributed by atoms with van der Waals surface area (Å²) in [5.41, 5.74) is 1.34. The van der Waals surface area contributed by atoms with Gasteiger partial charge in [0.25, 0.3) is 0 Å². The maximum absolute atomic E-state index is 9.94. The van der Waals surface area contributed by atoms with Crippen molar-refractivity contribution < 1.29 is 20.1 Å². The van der Waals surface area contributed by atoms with Gasteiger partial charge in [-0.15, -0.1) is 0 Å². The van der Waals surface area contributed by atoms with Crippen molar-refractivity contribution in [3.63, 3.8) is 0 Å². The lowest BCUT2D eigenvalue weighted by Gasteiger charge is -2.25. The number of rotatable bonds is 3. The Hall–Kier alpha value is -1.10. The summed E-state index contributed by atoms with van der Waals surface area (Å²) in [6.07, 6.45) is 0.314. The van der Waals surface area contributed by atoms with E-state index in [1.54, 1.807) is 19.9 Å². The maximum atomic E-state index is 9.94. The molecule has 17 heavy (non-hydrogen) atoms. The summed E-state index contributed by atoms with van der Waals surface area (Å²) < 4.78 is 5.71. The van der Waals surface area contributed by atoms with E-state index in [0.29, 0.717) is 23.3 Å². The largest absolute Gasteiger partial charge is 0.486 e. The van der Waals surface area contributed by atoms with Crippen molar-refractivity contribution in [1.29, 1.82) is 0 Å². The predicted octanol–water partition coefficient (Wildman–Crippen LogP) is 0.746. The molecule has 0 spiro atoms. The first kappa shape index (κ1) is 12.4. The minimum atomic E-state index is -0.925. The molecule has 2 rings (SSSR count). The van der Waals surface area contributed by atoms with Crippen LogP contribution in [0, 0.1) is 0 Å². The zero-order valence-corrected chi connectivity index (χ0v) is 10.1. The molecule has 0 saturated heterocycles. The van der Waals surface area contributed by atoms with Gasteiger partial charge in [0.05, 0.1) is 18.8 Å². The van der Waals surface area contributed by atoms with E-state index in [4.69, 9.17) is 4.74 Å². The lowest BCUT2D eigenvalue weighted by molar-refractivity contribution is -0.0235. The Kier molecular flexibility index (Phi) is 3.12. The molecule has 4 heteroatoms. The number of fused-ring (bicyclic) bond motifs is 1. The molecule has 0 unspecified atom stereocenters. The molecule has 1 aromatic carbocycles. The molecule has 0 saturated carbocycles. The highest BCUT2D eigenvalue weighted by Gasteiger charge is 2.36. The average molecular weight is 238 g/mol. The van der Waals surface area contributed by atoms with Crippen molar-refractivity contribution in [2.45, 2.75) is 45.2 Å². The van der Waals surface area contributed by atoms with Crippen LogP contribution in [0.1, 0.15) is 30.5 Å². The summed E-state index contributed by atoms with van der Waals surface area (Å²) in [5, 5.41) is 28.5. The minimum Gasteiger partial charge on any atom is -0.486 e. The second-order valence-corrected chi connectivity index (χ2v) is 4.97. The molecular weight excluding hydrogens is 220 g/mol. The average Bonchev–Trinajstić information content (AvgIpc) is 2.70. The van der Waals surface area contributed by atoms with Gasteiger partial charge in [-0.3, -0.25) is 0 Å². The molecule has 0 radical (unpaired) electrons. The first-order valence-corrected chi connectivity index (χ1v) is 5.71. The van der Waals surface area contributed by atoms with Gasteiger partial charge in [-0.1, -0.05) is 12.1 Å². The third-order valence-corrected chi connectivity index (χ3v) is 3.22. The van der Waals surface area contributed by atoms with Gasteiger partial charge in [0, 0.05) is 12.0 Å². The van der Waals surface area contributed by atoms with Crippen LogP contribution >= 0.6 is 0 Å². The molecule has 0 aliphatic carbocycles.